The standard InChI is InChI=1S/C21H21ClN4O3S/c1-3-29-17(27)11-26-19(16-10-23-12-30-16)24-15-8-9-21(2,25-18(15)20(26)28)13-4-6-14(22)7-5-13/h4-7,10,12,25H,3,8-9,11H2,1-2H3/t21-/m0/s1. The minimum absolute atomic E-state index is 0.209. The minimum Gasteiger partial charge on any atom is -0.465 e. The van der Waals surface area contributed by atoms with E-state index in [9.17, 15) is 9.59 Å². The predicted molar refractivity (Wildman–Crippen MR) is 117 cm³/mol. The van der Waals surface area contributed by atoms with Gasteiger partial charge in [-0.3, -0.25) is 19.1 Å². The van der Waals surface area contributed by atoms with Crippen LogP contribution in [0.15, 0.2) is 40.8 Å². The molecule has 3 heterocycles. The van der Waals surface area contributed by atoms with Gasteiger partial charge in [-0.05, 0) is 44.4 Å². The van der Waals surface area contributed by atoms with Crippen LogP contribution in [0.2, 0.25) is 5.02 Å². The van der Waals surface area contributed by atoms with Gasteiger partial charge in [-0.2, -0.15) is 0 Å². The lowest BCUT2D eigenvalue weighted by Crippen LogP contribution is -2.41. The highest BCUT2D eigenvalue weighted by Gasteiger charge is 2.34. The Morgan fingerprint density at radius 1 is 1.37 bits per heavy atom. The van der Waals surface area contributed by atoms with Crippen LogP contribution in [0.25, 0.3) is 10.7 Å². The first-order valence-electron chi connectivity index (χ1n) is 9.63. The number of ether oxygens (including phenoxy) is 1. The monoisotopic (exact) mass is 444 g/mol. The molecule has 0 bridgehead atoms. The van der Waals surface area contributed by atoms with Gasteiger partial charge < -0.3 is 10.1 Å². The maximum Gasteiger partial charge on any atom is 0.326 e. The van der Waals surface area contributed by atoms with E-state index in [-0.39, 0.29) is 18.7 Å². The van der Waals surface area contributed by atoms with Gasteiger partial charge in [0.25, 0.3) is 5.56 Å². The van der Waals surface area contributed by atoms with Crippen LogP contribution in [-0.2, 0) is 28.0 Å². The lowest BCUT2D eigenvalue weighted by Gasteiger charge is -2.37. The van der Waals surface area contributed by atoms with Gasteiger partial charge in [-0.1, -0.05) is 23.7 Å². The van der Waals surface area contributed by atoms with Crippen molar-refractivity contribution >= 4 is 34.6 Å². The number of aryl methyl sites for hydroxylation is 1. The van der Waals surface area contributed by atoms with Crippen LogP contribution in [0, 0.1) is 0 Å². The van der Waals surface area contributed by atoms with E-state index in [4.69, 9.17) is 21.3 Å². The summed E-state index contributed by atoms with van der Waals surface area (Å²) in [6.45, 7) is 3.81. The number of benzene rings is 1. The second kappa shape index (κ2) is 8.20. The summed E-state index contributed by atoms with van der Waals surface area (Å²) in [5.41, 5.74) is 3.06. The number of rotatable bonds is 5. The van der Waals surface area contributed by atoms with Crippen LogP contribution < -0.4 is 10.9 Å². The highest BCUT2D eigenvalue weighted by atomic mass is 35.5. The van der Waals surface area contributed by atoms with Crippen LogP contribution in [0.5, 0.6) is 0 Å². The first-order valence-corrected chi connectivity index (χ1v) is 10.9. The first kappa shape index (κ1) is 20.6. The molecule has 0 spiro atoms. The zero-order valence-electron chi connectivity index (χ0n) is 16.6. The van der Waals surface area contributed by atoms with Gasteiger partial charge >= 0.3 is 5.97 Å². The lowest BCUT2D eigenvalue weighted by atomic mass is 9.83. The molecule has 1 atom stereocenters. The molecule has 0 amide bonds. The number of thiazole rings is 1. The van der Waals surface area contributed by atoms with E-state index in [2.05, 4.69) is 10.3 Å². The summed E-state index contributed by atoms with van der Waals surface area (Å²) in [5.74, 6) is -0.0467. The van der Waals surface area contributed by atoms with Gasteiger partial charge in [0, 0.05) is 11.2 Å². The Labute approximate surface area is 182 Å². The van der Waals surface area contributed by atoms with Crippen molar-refractivity contribution in [1.82, 2.24) is 14.5 Å². The van der Waals surface area contributed by atoms with E-state index in [1.54, 1.807) is 18.6 Å². The molecule has 156 valence electrons. The minimum atomic E-state index is -0.483. The zero-order chi connectivity index (χ0) is 21.3. The number of nitrogens with one attached hydrogen (secondary N) is 1. The fraction of sp³-hybridized carbons (Fsp3) is 0.333. The van der Waals surface area contributed by atoms with Crippen LogP contribution in [0.4, 0.5) is 5.69 Å². The molecule has 0 unspecified atom stereocenters. The number of aromatic nitrogens is 3. The average Bonchev–Trinajstić information content (AvgIpc) is 3.26. The molecule has 4 rings (SSSR count). The second-order valence-corrected chi connectivity index (χ2v) is 8.61. The molecular weight excluding hydrogens is 424 g/mol. The summed E-state index contributed by atoms with van der Waals surface area (Å²) in [6, 6.07) is 7.58. The number of anilines is 1. The number of carbonyl (C=O) groups excluding carboxylic acids is 1. The van der Waals surface area contributed by atoms with E-state index >= 15 is 0 Å². The fourth-order valence-corrected chi connectivity index (χ4v) is 4.39. The van der Waals surface area contributed by atoms with Crippen molar-refractivity contribution in [1.29, 1.82) is 0 Å². The molecule has 9 heteroatoms. The Morgan fingerprint density at radius 3 is 2.80 bits per heavy atom. The number of hydrogen-bond acceptors (Lipinski definition) is 7. The number of hydrogen-bond donors (Lipinski definition) is 1. The third-order valence-corrected chi connectivity index (χ3v) is 6.25. The maximum atomic E-state index is 13.5. The summed E-state index contributed by atoms with van der Waals surface area (Å²) in [4.78, 5) is 35.2. The molecule has 7 nitrogen and oxygen atoms in total. The van der Waals surface area contributed by atoms with E-state index in [1.807, 2.05) is 31.2 Å². The SMILES string of the molecule is CCOC(=O)Cn1c(-c2cncs2)nc2c(c1=O)N[C@](C)(c1ccc(Cl)cc1)CC2. The summed E-state index contributed by atoms with van der Waals surface area (Å²) in [6.07, 6.45) is 3.04. The van der Waals surface area contributed by atoms with Gasteiger partial charge in [-0.15, -0.1) is 11.3 Å². The number of fused-ring (bicyclic) bond motifs is 1. The topological polar surface area (TPSA) is 86.1 Å². The average molecular weight is 445 g/mol. The molecule has 0 radical (unpaired) electrons. The molecule has 3 aromatic rings. The van der Waals surface area contributed by atoms with Gasteiger partial charge in [0.15, 0.2) is 5.82 Å². The smallest absolute Gasteiger partial charge is 0.326 e. The number of esters is 1. The van der Waals surface area contributed by atoms with Crippen LogP contribution >= 0.6 is 22.9 Å². The van der Waals surface area contributed by atoms with Crippen molar-refractivity contribution in [3.63, 3.8) is 0 Å². The van der Waals surface area contributed by atoms with Crippen molar-refractivity contribution < 1.29 is 9.53 Å². The van der Waals surface area contributed by atoms with Crippen molar-refractivity contribution in [2.75, 3.05) is 11.9 Å². The van der Waals surface area contributed by atoms with Gasteiger partial charge in [-0.25, -0.2) is 4.98 Å². The highest BCUT2D eigenvalue weighted by molar-refractivity contribution is 7.13. The van der Waals surface area contributed by atoms with E-state index in [0.29, 0.717) is 28.6 Å². The molecule has 1 aromatic carbocycles. The van der Waals surface area contributed by atoms with Crippen molar-refractivity contribution in [3.8, 4) is 10.7 Å². The first-order chi connectivity index (χ1) is 14.4. The number of halogens is 1. The summed E-state index contributed by atoms with van der Waals surface area (Å²) in [7, 11) is 0. The summed E-state index contributed by atoms with van der Waals surface area (Å²) < 4.78 is 6.43. The molecule has 0 aliphatic carbocycles. The number of nitrogens with zero attached hydrogens (tertiary/aromatic N) is 3. The van der Waals surface area contributed by atoms with Crippen LogP contribution in [0.1, 0.15) is 31.5 Å². The Kier molecular flexibility index (Phi) is 5.62. The largest absolute Gasteiger partial charge is 0.465 e. The molecule has 30 heavy (non-hydrogen) atoms. The normalized spacial score (nSPS) is 17.8. The van der Waals surface area contributed by atoms with E-state index in [0.717, 1.165) is 16.9 Å². The third kappa shape index (κ3) is 3.85. The van der Waals surface area contributed by atoms with Crippen LogP contribution in [0.3, 0.4) is 0 Å². The van der Waals surface area contributed by atoms with Gasteiger partial charge in [0.2, 0.25) is 0 Å². The molecule has 1 N–H and O–H groups in total. The molecule has 1 aliphatic rings. The predicted octanol–water partition coefficient (Wildman–Crippen LogP) is 3.86. The molecule has 0 fully saturated rings. The van der Waals surface area contributed by atoms with Crippen molar-refractivity contribution in [3.05, 3.63) is 62.6 Å². The zero-order valence-corrected chi connectivity index (χ0v) is 18.2. The summed E-state index contributed by atoms with van der Waals surface area (Å²) in [5, 5.41) is 4.05. The van der Waals surface area contributed by atoms with Gasteiger partial charge in [0.05, 0.1) is 28.2 Å². The highest BCUT2D eigenvalue weighted by Crippen LogP contribution is 2.36. The summed E-state index contributed by atoms with van der Waals surface area (Å²) >= 11 is 7.40. The second-order valence-electron chi connectivity index (χ2n) is 7.28. The Hall–Kier alpha value is -2.71. The molecule has 2 aromatic heterocycles. The van der Waals surface area contributed by atoms with Gasteiger partial charge in [0.1, 0.15) is 12.2 Å². The van der Waals surface area contributed by atoms with E-state index < -0.39 is 11.5 Å². The fourth-order valence-electron chi connectivity index (χ4n) is 3.64. The number of carbonyl (C=O) groups is 1. The Bertz CT molecular complexity index is 1130. The molecule has 0 saturated carbocycles. The maximum absolute atomic E-state index is 13.5. The molecular formula is C21H21ClN4O3S. The van der Waals surface area contributed by atoms with Crippen molar-refractivity contribution in [2.24, 2.45) is 0 Å². The molecule has 1 aliphatic heterocycles. The quantitative estimate of drug-likeness (QED) is 0.601. The Balaban J connectivity index is 1.79. The van der Waals surface area contributed by atoms with Crippen LogP contribution in [-0.4, -0.2) is 27.1 Å². The molecule has 0 saturated heterocycles. The Morgan fingerprint density at radius 2 is 2.13 bits per heavy atom. The van der Waals surface area contributed by atoms with E-state index in [1.165, 1.54) is 15.9 Å². The lowest BCUT2D eigenvalue weighted by molar-refractivity contribution is -0.143. The third-order valence-electron chi connectivity index (χ3n) is 5.23. The van der Waals surface area contributed by atoms with Crippen molar-refractivity contribution in [2.45, 2.75) is 38.8 Å².